The molecule has 1 saturated heterocycles. The first-order valence-corrected chi connectivity index (χ1v) is 27.2. The molecule has 0 amide bonds. The molecule has 2 unspecified atom stereocenters. The number of carbonyl (C=O) groups is 3. The summed E-state index contributed by atoms with van der Waals surface area (Å²) in [5.41, 5.74) is -4.74. The molecule has 1 aliphatic heterocycles. The molecule has 2 atom stereocenters. The van der Waals surface area contributed by atoms with Crippen molar-refractivity contribution in [2.75, 3.05) is 33.0 Å². The molecule has 0 radical (unpaired) electrons. The van der Waals surface area contributed by atoms with Crippen LogP contribution >= 0.6 is 0 Å². The zero-order valence-electron chi connectivity index (χ0n) is 29.1. The van der Waals surface area contributed by atoms with Crippen LogP contribution in [0.25, 0.3) is 0 Å². The van der Waals surface area contributed by atoms with E-state index in [1.54, 1.807) is 27.7 Å². The quantitative estimate of drug-likeness (QED) is 0.0651. The van der Waals surface area contributed by atoms with Crippen molar-refractivity contribution < 1.29 is 50.8 Å². The number of esters is 3. The highest BCUT2D eigenvalue weighted by Gasteiger charge is 2.65. The molecule has 0 aromatic heterocycles. The van der Waals surface area contributed by atoms with Crippen LogP contribution in [0.1, 0.15) is 41.0 Å². The molecule has 252 valence electrons. The van der Waals surface area contributed by atoms with Crippen molar-refractivity contribution in [2.24, 2.45) is 16.2 Å². The first-order valence-electron chi connectivity index (χ1n) is 15.1. The van der Waals surface area contributed by atoms with E-state index in [4.69, 9.17) is 31.3 Å². The van der Waals surface area contributed by atoms with E-state index in [1.165, 1.54) is 6.92 Å². The van der Waals surface area contributed by atoms with E-state index in [0.717, 1.165) is 0 Å². The van der Waals surface area contributed by atoms with E-state index < -0.39 is 74.5 Å². The van der Waals surface area contributed by atoms with E-state index in [0.29, 0.717) is 19.1 Å². The van der Waals surface area contributed by atoms with Crippen molar-refractivity contribution in [1.29, 1.82) is 0 Å². The number of hydrogen-bond donors (Lipinski definition) is 1. The minimum Gasteiger partial charge on any atom is -0.465 e. The van der Waals surface area contributed by atoms with Crippen molar-refractivity contribution in [3.8, 4) is 0 Å². The number of aliphatic hydroxyl groups is 1. The van der Waals surface area contributed by atoms with E-state index in [1.807, 2.05) is 0 Å². The van der Waals surface area contributed by atoms with Crippen molar-refractivity contribution in [3.63, 3.8) is 0 Å². The fourth-order valence-corrected chi connectivity index (χ4v) is 19.4. The molecule has 1 rings (SSSR count). The van der Waals surface area contributed by atoms with Crippen molar-refractivity contribution in [1.82, 2.24) is 0 Å². The van der Waals surface area contributed by atoms with Gasteiger partial charge in [-0.2, -0.15) is 0 Å². The Morgan fingerprint density at radius 3 is 1.47 bits per heavy atom. The summed E-state index contributed by atoms with van der Waals surface area (Å²) in [5.74, 6) is -2.15. The molecule has 43 heavy (non-hydrogen) atoms. The number of rotatable bonds is 19. The van der Waals surface area contributed by atoms with Gasteiger partial charge in [-0.1, -0.05) is 0 Å². The van der Waals surface area contributed by atoms with E-state index >= 15 is 0 Å². The van der Waals surface area contributed by atoms with Gasteiger partial charge in [-0.05, 0) is 100.0 Å². The molecule has 0 aromatic carbocycles. The second-order valence-electron chi connectivity index (χ2n) is 15.4. The normalized spacial score (nSPS) is 18.1. The van der Waals surface area contributed by atoms with Gasteiger partial charge < -0.3 is 36.4 Å². The Kier molecular flexibility index (Phi) is 13.7. The van der Waals surface area contributed by atoms with Crippen LogP contribution in [0.4, 0.5) is 0 Å². The second-order valence-corrected chi connectivity index (χ2v) is 32.3. The zero-order chi connectivity index (χ0) is 33.7. The van der Waals surface area contributed by atoms with Crippen molar-refractivity contribution in [2.45, 2.75) is 112 Å². The van der Waals surface area contributed by atoms with Gasteiger partial charge in [0.15, 0.2) is 25.0 Å². The van der Waals surface area contributed by atoms with Crippen LogP contribution in [0.2, 0.25) is 65.0 Å². The van der Waals surface area contributed by atoms with Gasteiger partial charge in [0, 0.05) is 6.04 Å². The molecular weight excluding hydrogens is 625 g/mol. The van der Waals surface area contributed by atoms with Crippen molar-refractivity contribution >= 4 is 51.7 Å². The van der Waals surface area contributed by atoms with Crippen LogP contribution in [0.15, 0.2) is 0 Å². The molecule has 1 aliphatic rings. The highest BCUT2D eigenvalue weighted by molar-refractivity contribution is 6.90. The number of ether oxygens (including phenoxy) is 4. The lowest BCUT2D eigenvalue weighted by atomic mass is 9.53. The highest BCUT2D eigenvalue weighted by atomic mass is 28.5. The van der Waals surface area contributed by atoms with E-state index in [-0.39, 0.29) is 25.9 Å². The molecule has 11 nitrogen and oxygen atoms in total. The topological polar surface area (TPSA) is 139 Å². The Bertz CT molecular complexity index is 922. The summed E-state index contributed by atoms with van der Waals surface area (Å²) in [6.07, 6.45) is 0.271. The average Bonchev–Trinajstić information content (AvgIpc) is 3.63. The average molecular weight is 683 g/mol. The number of carbonyl (C=O) groups excluding carboxylic acids is 3. The van der Waals surface area contributed by atoms with Gasteiger partial charge >= 0.3 is 26.7 Å². The van der Waals surface area contributed by atoms with Gasteiger partial charge in [0.25, 0.3) is 0 Å². The summed E-state index contributed by atoms with van der Waals surface area (Å²) >= 11 is 0. The first kappa shape index (κ1) is 40.1. The van der Waals surface area contributed by atoms with E-state index in [2.05, 4.69) is 58.9 Å². The summed E-state index contributed by atoms with van der Waals surface area (Å²) in [6.45, 7) is 26.6. The van der Waals surface area contributed by atoms with Crippen LogP contribution in [0.3, 0.4) is 0 Å². The molecule has 0 spiro atoms. The Morgan fingerprint density at radius 2 is 1.09 bits per heavy atom. The molecule has 0 bridgehead atoms. The SMILES string of the molecule is CC(C)(C(=O)OCCC[Si](O[Si](C)(C)C)(O[Si](C)(C)C)O[Si](C)(C)C)C(C)(C(=O)OCCO)C(C)(C)C(=O)OCC1CO1. The van der Waals surface area contributed by atoms with Gasteiger partial charge in [0.2, 0.25) is 0 Å². The van der Waals surface area contributed by atoms with Gasteiger partial charge in [0.05, 0.1) is 36.1 Å². The minimum atomic E-state index is -3.12. The third kappa shape index (κ3) is 11.7. The third-order valence-electron chi connectivity index (χ3n) is 7.30. The standard InChI is InChI=1S/C28H58O11Si4/c1-26(2,28(5,25(32)34-18-16-29)27(3,4)24(31)36-21-22-20-35-22)23(30)33-17-15-19-43(37-40(6,7)8,38-41(9,10)11)39-42(12,13)14/h22,29H,15-21H2,1-14H3. The third-order valence-corrected chi connectivity index (χ3v) is 19.3. The summed E-state index contributed by atoms with van der Waals surface area (Å²) in [5, 5.41) is 9.28. The Morgan fingerprint density at radius 1 is 0.698 bits per heavy atom. The lowest BCUT2D eigenvalue weighted by Crippen LogP contribution is -2.60. The molecule has 15 heteroatoms. The first-order chi connectivity index (χ1) is 19.2. The fraction of sp³-hybridized carbons (Fsp3) is 0.893. The molecule has 1 heterocycles. The predicted octanol–water partition coefficient (Wildman–Crippen LogP) is 4.95. The molecule has 1 fully saturated rings. The van der Waals surface area contributed by atoms with E-state index in [9.17, 15) is 19.5 Å². The lowest BCUT2D eigenvalue weighted by molar-refractivity contribution is -0.198. The second kappa shape index (κ2) is 14.7. The smallest absolute Gasteiger partial charge is 0.465 e. The number of hydrogen-bond acceptors (Lipinski definition) is 11. The van der Waals surface area contributed by atoms with Crippen LogP contribution < -0.4 is 0 Å². The Labute approximate surface area is 263 Å². The monoisotopic (exact) mass is 682 g/mol. The largest absolute Gasteiger partial charge is 0.469 e. The maximum Gasteiger partial charge on any atom is 0.469 e. The summed E-state index contributed by atoms with van der Waals surface area (Å²) < 4.78 is 41.8. The summed E-state index contributed by atoms with van der Waals surface area (Å²) in [7, 11) is -9.32. The molecule has 0 aliphatic carbocycles. The zero-order valence-corrected chi connectivity index (χ0v) is 33.1. The fourth-order valence-electron chi connectivity index (χ4n) is 4.74. The van der Waals surface area contributed by atoms with Crippen LogP contribution in [-0.2, 0) is 45.7 Å². The van der Waals surface area contributed by atoms with Crippen LogP contribution in [0.5, 0.6) is 0 Å². The predicted molar refractivity (Wildman–Crippen MR) is 174 cm³/mol. The maximum atomic E-state index is 13.7. The minimum absolute atomic E-state index is 0.0435. The maximum absolute atomic E-state index is 13.7. The molecular formula is C28H58O11Si4. The Hall–Kier alpha value is -0.922. The van der Waals surface area contributed by atoms with Crippen LogP contribution in [0, 0.1) is 16.2 Å². The molecule has 0 saturated carbocycles. The summed E-state index contributed by atoms with van der Waals surface area (Å²) in [6, 6.07) is 0.483. The molecule has 1 N–H and O–H groups in total. The number of epoxide rings is 1. The van der Waals surface area contributed by atoms with Gasteiger partial charge in [-0.25, -0.2) is 0 Å². The molecule has 0 aromatic rings. The lowest BCUT2D eigenvalue weighted by Gasteiger charge is -2.48. The number of aliphatic hydroxyl groups excluding tert-OH is 1. The van der Waals surface area contributed by atoms with Gasteiger partial charge in [-0.15, -0.1) is 0 Å². The van der Waals surface area contributed by atoms with Crippen molar-refractivity contribution in [3.05, 3.63) is 0 Å². The van der Waals surface area contributed by atoms with Crippen LogP contribution in [-0.4, -0.2) is 95.9 Å². The highest BCUT2D eigenvalue weighted by Crippen LogP contribution is 2.54. The summed E-state index contributed by atoms with van der Waals surface area (Å²) in [4.78, 5) is 40.6. The van der Waals surface area contributed by atoms with Gasteiger partial charge in [-0.3, -0.25) is 14.4 Å². The Balaban J connectivity index is 3.23. The van der Waals surface area contributed by atoms with Gasteiger partial charge in [0.1, 0.15) is 19.3 Å².